The Labute approximate surface area is 108 Å². The van der Waals surface area contributed by atoms with Crippen LogP contribution in [-0.4, -0.2) is 13.1 Å². The third kappa shape index (κ3) is 2.86. The van der Waals surface area contributed by atoms with Crippen molar-refractivity contribution in [2.75, 3.05) is 7.05 Å². The van der Waals surface area contributed by atoms with Crippen molar-refractivity contribution in [3.63, 3.8) is 0 Å². The highest BCUT2D eigenvalue weighted by Gasteiger charge is 2.42. The summed E-state index contributed by atoms with van der Waals surface area (Å²) in [6.07, 6.45) is 10.2. The van der Waals surface area contributed by atoms with Crippen LogP contribution in [0.25, 0.3) is 0 Å². The fraction of sp³-hybridized carbons (Fsp3) is 1.00. The lowest BCUT2D eigenvalue weighted by Crippen LogP contribution is -2.45. The van der Waals surface area contributed by atoms with Gasteiger partial charge in [0, 0.05) is 6.04 Å². The topological polar surface area (TPSA) is 12.0 Å². The third-order valence-corrected chi connectivity index (χ3v) is 5.59. The molecule has 4 atom stereocenters. The molecule has 0 aromatic heterocycles. The van der Waals surface area contributed by atoms with E-state index >= 15 is 0 Å². The lowest BCUT2D eigenvalue weighted by atomic mass is 9.69. The molecule has 0 aliphatic heterocycles. The van der Waals surface area contributed by atoms with E-state index in [-0.39, 0.29) is 0 Å². The second-order valence-electron chi connectivity index (χ2n) is 7.33. The Bertz CT molecular complexity index is 246. The van der Waals surface area contributed by atoms with E-state index in [0.29, 0.717) is 5.41 Å². The average Bonchev–Trinajstić information content (AvgIpc) is 2.60. The lowest BCUT2D eigenvalue weighted by molar-refractivity contribution is 0.123. The van der Waals surface area contributed by atoms with E-state index < -0.39 is 0 Å². The molecule has 0 heterocycles. The van der Waals surface area contributed by atoms with Crippen molar-refractivity contribution >= 4 is 0 Å². The second-order valence-corrected chi connectivity index (χ2v) is 7.33. The van der Waals surface area contributed by atoms with Gasteiger partial charge in [-0.2, -0.15) is 0 Å². The smallest absolute Gasteiger partial charge is 0.0126 e. The van der Waals surface area contributed by atoms with Crippen LogP contribution in [0.4, 0.5) is 0 Å². The van der Waals surface area contributed by atoms with Crippen molar-refractivity contribution in [3.05, 3.63) is 0 Å². The Balaban J connectivity index is 2.05. The standard InChI is InChI=1S/C16H31N/c1-12-7-5-8-13(11-12)15(17-4)14-9-6-10-16(14,2)3/h12-15,17H,5-11H2,1-4H3. The molecule has 100 valence electrons. The van der Waals surface area contributed by atoms with E-state index in [1.165, 1.54) is 44.9 Å². The Hall–Kier alpha value is -0.0400. The first-order chi connectivity index (χ1) is 8.04. The van der Waals surface area contributed by atoms with Gasteiger partial charge in [-0.3, -0.25) is 0 Å². The monoisotopic (exact) mass is 237 g/mol. The van der Waals surface area contributed by atoms with Crippen LogP contribution >= 0.6 is 0 Å². The molecule has 2 fully saturated rings. The molecular weight excluding hydrogens is 206 g/mol. The van der Waals surface area contributed by atoms with Crippen LogP contribution < -0.4 is 5.32 Å². The number of rotatable bonds is 3. The fourth-order valence-corrected chi connectivity index (χ4v) is 4.59. The third-order valence-electron chi connectivity index (χ3n) is 5.59. The molecule has 0 radical (unpaired) electrons. The van der Waals surface area contributed by atoms with Crippen LogP contribution in [0.15, 0.2) is 0 Å². The van der Waals surface area contributed by atoms with Crippen LogP contribution in [0, 0.1) is 23.2 Å². The first-order valence-corrected chi connectivity index (χ1v) is 7.72. The van der Waals surface area contributed by atoms with Gasteiger partial charge >= 0.3 is 0 Å². The molecule has 1 nitrogen and oxygen atoms in total. The van der Waals surface area contributed by atoms with Gasteiger partial charge in [0.2, 0.25) is 0 Å². The molecule has 0 bridgehead atoms. The zero-order chi connectivity index (χ0) is 12.5. The summed E-state index contributed by atoms with van der Waals surface area (Å²) < 4.78 is 0. The maximum Gasteiger partial charge on any atom is 0.0126 e. The van der Waals surface area contributed by atoms with Gasteiger partial charge in [-0.05, 0) is 55.9 Å². The Kier molecular flexibility index (Phi) is 4.18. The van der Waals surface area contributed by atoms with Gasteiger partial charge < -0.3 is 5.32 Å². The van der Waals surface area contributed by atoms with Crippen LogP contribution in [0.2, 0.25) is 0 Å². The quantitative estimate of drug-likeness (QED) is 0.774. The summed E-state index contributed by atoms with van der Waals surface area (Å²) >= 11 is 0. The van der Waals surface area contributed by atoms with E-state index in [1.807, 2.05) is 0 Å². The van der Waals surface area contributed by atoms with Crippen molar-refractivity contribution in [2.24, 2.45) is 23.2 Å². The minimum atomic E-state index is 0.564. The molecule has 1 N–H and O–H groups in total. The molecule has 2 rings (SSSR count). The van der Waals surface area contributed by atoms with Crippen molar-refractivity contribution in [2.45, 2.75) is 71.8 Å². The maximum atomic E-state index is 3.69. The highest BCUT2D eigenvalue weighted by Crippen LogP contribution is 2.47. The predicted molar refractivity (Wildman–Crippen MR) is 75.1 cm³/mol. The minimum Gasteiger partial charge on any atom is -0.316 e. The number of nitrogens with one attached hydrogen (secondary N) is 1. The summed E-state index contributed by atoms with van der Waals surface area (Å²) in [7, 11) is 2.19. The molecule has 1 heteroatoms. The molecule has 0 aromatic carbocycles. The Morgan fingerprint density at radius 2 is 1.88 bits per heavy atom. The van der Waals surface area contributed by atoms with Crippen molar-refractivity contribution < 1.29 is 0 Å². The van der Waals surface area contributed by atoms with Crippen LogP contribution in [0.5, 0.6) is 0 Å². The zero-order valence-corrected chi connectivity index (χ0v) is 12.3. The first-order valence-electron chi connectivity index (χ1n) is 7.72. The molecule has 2 aliphatic rings. The summed E-state index contributed by atoms with van der Waals surface area (Å²) in [4.78, 5) is 0. The molecule has 4 unspecified atom stereocenters. The summed E-state index contributed by atoms with van der Waals surface area (Å²) in [5.74, 6) is 2.79. The van der Waals surface area contributed by atoms with Gasteiger partial charge in [0.15, 0.2) is 0 Å². The van der Waals surface area contributed by atoms with E-state index in [0.717, 1.165) is 23.8 Å². The highest BCUT2D eigenvalue weighted by molar-refractivity contribution is 4.95. The van der Waals surface area contributed by atoms with E-state index in [9.17, 15) is 0 Å². The van der Waals surface area contributed by atoms with Crippen molar-refractivity contribution in [3.8, 4) is 0 Å². The molecular formula is C16H31N. The lowest BCUT2D eigenvalue weighted by Gasteiger charge is -2.41. The van der Waals surface area contributed by atoms with Gasteiger partial charge in [0.1, 0.15) is 0 Å². The minimum absolute atomic E-state index is 0.564. The van der Waals surface area contributed by atoms with Gasteiger partial charge in [-0.1, -0.05) is 40.0 Å². The van der Waals surface area contributed by atoms with E-state index in [2.05, 4.69) is 33.1 Å². The molecule has 2 saturated carbocycles. The SMILES string of the molecule is CNC(C1CCCC(C)C1)C1CCCC1(C)C. The number of hydrogen-bond donors (Lipinski definition) is 1. The first kappa shape index (κ1) is 13.4. The maximum absolute atomic E-state index is 3.69. The molecule has 17 heavy (non-hydrogen) atoms. The highest BCUT2D eigenvalue weighted by atomic mass is 14.9. The van der Waals surface area contributed by atoms with Gasteiger partial charge in [0.25, 0.3) is 0 Å². The van der Waals surface area contributed by atoms with Gasteiger partial charge in [-0.25, -0.2) is 0 Å². The fourth-order valence-electron chi connectivity index (χ4n) is 4.59. The van der Waals surface area contributed by atoms with Crippen molar-refractivity contribution in [1.82, 2.24) is 5.32 Å². The van der Waals surface area contributed by atoms with Crippen LogP contribution in [-0.2, 0) is 0 Å². The van der Waals surface area contributed by atoms with Gasteiger partial charge in [-0.15, -0.1) is 0 Å². The second kappa shape index (κ2) is 5.30. The summed E-state index contributed by atoms with van der Waals surface area (Å²) in [6, 6.07) is 0.773. The average molecular weight is 237 g/mol. The Morgan fingerprint density at radius 1 is 1.12 bits per heavy atom. The van der Waals surface area contributed by atoms with Crippen LogP contribution in [0.1, 0.15) is 65.7 Å². The molecule has 0 aromatic rings. The molecule has 0 saturated heterocycles. The van der Waals surface area contributed by atoms with E-state index in [1.54, 1.807) is 0 Å². The van der Waals surface area contributed by atoms with Crippen LogP contribution in [0.3, 0.4) is 0 Å². The zero-order valence-electron chi connectivity index (χ0n) is 12.3. The summed E-state index contributed by atoms with van der Waals surface area (Å²) in [5.41, 5.74) is 0.564. The van der Waals surface area contributed by atoms with Gasteiger partial charge in [0.05, 0.1) is 0 Å². The number of hydrogen-bond acceptors (Lipinski definition) is 1. The molecule has 0 amide bonds. The van der Waals surface area contributed by atoms with Crippen molar-refractivity contribution in [1.29, 1.82) is 0 Å². The normalized spacial score (nSPS) is 39.2. The van der Waals surface area contributed by atoms with E-state index in [4.69, 9.17) is 0 Å². The molecule has 2 aliphatic carbocycles. The summed E-state index contributed by atoms with van der Waals surface area (Å²) in [5, 5.41) is 3.69. The molecule has 0 spiro atoms. The largest absolute Gasteiger partial charge is 0.316 e. The summed E-state index contributed by atoms with van der Waals surface area (Å²) in [6.45, 7) is 7.42. The Morgan fingerprint density at radius 3 is 2.41 bits per heavy atom. The predicted octanol–water partition coefficient (Wildman–Crippen LogP) is 4.23.